The molecule has 3 rings (SSSR count). The minimum atomic E-state index is -4.57. The van der Waals surface area contributed by atoms with Crippen LogP contribution in [0.3, 0.4) is 0 Å². The van der Waals surface area contributed by atoms with E-state index < -0.39 is 27.7 Å². The molecule has 0 bridgehead atoms. The first-order chi connectivity index (χ1) is 14.9. The van der Waals surface area contributed by atoms with Gasteiger partial charge >= 0.3 is 6.18 Å². The van der Waals surface area contributed by atoms with Crippen molar-refractivity contribution in [3.63, 3.8) is 0 Å². The quantitative estimate of drug-likeness (QED) is 0.700. The SMILES string of the molecule is Cc1ccc(C(=O)Nc2cc(C(F)(F)F)ccc2N(C)C)cc1S(=O)(=O)N1CCCCC1. The summed E-state index contributed by atoms with van der Waals surface area (Å²) in [7, 11) is -0.480. The average molecular weight is 470 g/mol. The van der Waals surface area contributed by atoms with Gasteiger partial charge in [-0.2, -0.15) is 17.5 Å². The lowest BCUT2D eigenvalue weighted by Gasteiger charge is -2.26. The lowest BCUT2D eigenvalue weighted by Crippen LogP contribution is -2.36. The number of aryl methyl sites for hydroxylation is 1. The molecule has 0 aromatic heterocycles. The van der Waals surface area contributed by atoms with Crippen LogP contribution in [0.15, 0.2) is 41.3 Å². The van der Waals surface area contributed by atoms with Gasteiger partial charge in [-0.05, 0) is 55.7 Å². The largest absolute Gasteiger partial charge is 0.416 e. The van der Waals surface area contributed by atoms with Crippen molar-refractivity contribution in [1.82, 2.24) is 4.31 Å². The average Bonchev–Trinajstić information content (AvgIpc) is 2.73. The Morgan fingerprint density at radius 3 is 2.28 bits per heavy atom. The summed E-state index contributed by atoms with van der Waals surface area (Å²) in [6, 6.07) is 7.37. The number of anilines is 2. The van der Waals surface area contributed by atoms with Crippen molar-refractivity contribution >= 4 is 27.3 Å². The van der Waals surface area contributed by atoms with Crippen LogP contribution in [0.4, 0.5) is 24.5 Å². The summed E-state index contributed by atoms with van der Waals surface area (Å²) in [5, 5.41) is 2.51. The van der Waals surface area contributed by atoms with Crippen LogP contribution in [0.5, 0.6) is 0 Å². The van der Waals surface area contributed by atoms with Crippen molar-refractivity contribution in [3.05, 3.63) is 53.1 Å². The van der Waals surface area contributed by atoms with Gasteiger partial charge in [0.25, 0.3) is 5.91 Å². The fourth-order valence-electron chi connectivity index (χ4n) is 3.66. The van der Waals surface area contributed by atoms with Crippen molar-refractivity contribution in [2.24, 2.45) is 0 Å². The Hall–Kier alpha value is -2.59. The molecule has 0 radical (unpaired) electrons. The molecule has 32 heavy (non-hydrogen) atoms. The van der Waals surface area contributed by atoms with E-state index in [1.54, 1.807) is 25.9 Å². The molecule has 0 aliphatic carbocycles. The Morgan fingerprint density at radius 2 is 1.69 bits per heavy atom. The van der Waals surface area contributed by atoms with Crippen LogP contribution >= 0.6 is 0 Å². The molecule has 1 fully saturated rings. The van der Waals surface area contributed by atoms with Gasteiger partial charge in [-0.1, -0.05) is 12.5 Å². The highest BCUT2D eigenvalue weighted by atomic mass is 32.2. The molecule has 0 unspecified atom stereocenters. The Balaban J connectivity index is 1.95. The molecule has 0 spiro atoms. The summed E-state index contributed by atoms with van der Waals surface area (Å²) < 4.78 is 67.1. The third-order valence-corrected chi connectivity index (χ3v) is 7.48. The van der Waals surface area contributed by atoms with Gasteiger partial charge in [-0.15, -0.1) is 0 Å². The van der Waals surface area contributed by atoms with E-state index in [-0.39, 0.29) is 16.1 Å². The zero-order valence-corrected chi connectivity index (χ0v) is 19.0. The highest BCUT2D eigenvalue weighted by Crippen LogP contribution is 2.35. The van der Waals surface area contributed by atoms with E-state index in [1.807, 2.05) is 0 Å². The number of sulfonamides is 1. The van der Waals surface area contributed by atoms with Gasteiger partial charge in [0.1, 0.15) is 0 Å². The molecule has 1 N–H and O–H groups in total. The first kappa shape index (κ1) is 24.1. The second-order valence-corrected chi connectivity index (χ2v) is 9.93. The fraction of sp³-hybridized carbons (Fsp3) is 0.409. The first-order valence-corrected chi connectivity index (χ1v) is 11.7. The van der Waals surface area contributed by atoms with Crippen LogP contribution in [-0.4, -0.2) is 45.8 Å². The van der Waals surface area contributed by atoms with Crippen LogP contribution < -0.4 is 10.2 Å². The molecule has 1 amide bonds. The number of alkyl halides is 3. The molecular weight excluding hydrogens is 443 g/mol. The molecule has 1 aliphatic heterocycles. The predicted molar refractivity (Wildman–Crippen MR) is 118 cm³/mol. The second-order valence-electron chi connectivity index (χ2n) is 8.02. The lowest BCUT2D eigenvalue weighted by molar-refractivity contribution is -0.137. The highest BCUT2D eigenvalue weighted by molar-refractivity contribution is 7.89. The normalized spacial score (nSPS) is 15.4. The minimum Gasteiger partial charge on any atom is -0.376 e. The van der Waals surface area contributed by atoms with Crippen LogP contribution in [0.1, 0.15) is 40.7 Å². The molecule has 2 aromatic rings. The Kier molecular flexibility index (Phi) is 6.85. The molecule has 1 aliphatic rings. The number of carbonyl (C=O) groups is 1. The summed E-state index contributed by atoms with van der Waals surface area (Å²) in [5.74, 6) is -0.692. The number of halogens is 3. The van der Waals surface area contributed by atoms with Crippen molar-refractivity contribution in [2.75, 3.05) is 37.4 Å². The highest BCUT2D eigenvalue weighted by Gasteiger charge is 2.32. The van der Waals surface area contributed by atoms with E-state index in [1.165, 1.54) is 28.6 Å². The van der Waals surface area contributed by atoms with E-state index in [2.05, 4.69) is 5.32 Å². The second kappa shape index (κ2) is 9.11. The van der Waals surface area contributed by atoms with Crippen molar-refractivity contribution in [2.45, 2.75) is 37.3 Å². The number of piperidine rings is 1. The summed E-state index contributed by atoms with van der Waals surface area (Å²) in [6.45, 7) is 2.50. The zero-order valence-electron chi connectivity index (χ0n) is 18.2. The fourth-order valence-corrected chi connectivity index (χ4v) is 5.43. The monoisotopic (exact) mass is 469 g/mol. The number of carbonyl (C=O) groups excluding carboxylic acids is 1. The first-order valence-electron chi connectivity index (χ1n) is 10.2. The van der Waals surface area contributed by atoms with Gasteiger partial charge in [-0.25, -0.2) is 8.42 Å². The van der Waals surface area contributed by atoms with Gasteiger partial charge in [0.2, 0.25) is 10.0 Å². The van der Waals surface area contributed by atoms with E-state index in [9.17, 15) is 26.4 Å². The number of benzene rings is 2. The molecule has 0 atom stereocenters. The van der Waals surface area contributed by atoms with Crippen LogP contribution in [0.25, 0.3) is 0 Å². The van der Waals surface area contributed by atoms with Gasteiger partial charge in [0.05, 0.1) is 21.8 Å². The Bertz CT molecular complexity index is 1110. The maximum Gasteiger partial charge on any atom is 0.416 e. The maximum absolute atomic E-state index is 13.2. The molecule has 10 heteroatoms. The number of hydrogen-bond acceptors (Lipinski definition) is 4. The van der Waals surface area contributed by atoms with Crippen molar-refractivity contribution in [1.29, 1.82) is 0 Å². The number of hydrogen-bond donors (Lipinski definition) is 1. The summed E-state index contributed by atoms with van der Waals surface area (Å²) in [4.78, 5) is 14.5. The lowest BCUT2D eigenvalue weighted by atomic mass is 10.1. The Morgan fingerprint density at radius 1 is 1.03 bits per heavy atom. The molecule has 6 nitrogen and oxygen atoms in total. The van der Waals surface area contributed by atoms with Gasteiger partial charge in [0, 0.05) is 32.7 Å². The van der Waals surface area contributed by atoms with Crippen LogP contribution in [0, 0.1) is 6.92 Å². The topological polar surface area (TPSA) is 69.7 Å². The minimum absolute atomic E-state index is 0.0177. The van der Waals surface area contributed by atoms with Gasteiger partial charge < -0.3 is 10.2 Å². The number of nitrogens with one attached hydrogen (secondary N) is 1. The van der Waals surface area contributed by atoms with Crippen LogP contribution in [-0.2, 0) is 16.2 Å². The molecule has 174 valence electrons. The number of amides is 1. The molecular formula is C22H26F3N3O3S. The predicted octanol–water partition coefficient (Wildman–Crippen LogP) is 4.51. The third-order valence-electron chi connectivity index (χ3n) is 5.44. The van der Waals surface area contributed by atoms with Crippen molar-refractivity contribution in [3.8, 4) is 0 Å². The van der Waals surface area contributed by atoms with E-state index in [4.69, 9.17) is 0 Å². The van der Waals surface area contributed by atoms with Crippen molar-refractivity contribution < 1.29 is 26.4 Å². The van der Waals surface area contributed by atoms with Gasteiger partial charge in [-0.3, -0.25) is 4.79 Å². The van der Waals surface area contributed by atoms with E-state index in [0.29, 0.717) is 24.3 Å². The maximum atomic E-state index is 13.2. The number of rotatable bonds is 5. The standard InChI is InChI=1S/C22H26F3N3O3S/c1-15-7-8-16(13-20(15)32(30,31)28-11-5-4-6-12-28)21(29)26-18-14-17(22(23,24)25)9-10-19(18)27(2)3/h7-10,13-14H,4-6,11-12H2,1-3H3,(H,26,29). The molecule has 1 heterocycles. The Labute approximate surface area is 186 Å². The third kappa shape index (κ3) is 5.07. The molecule has 1 saturated heterocycles. The van der Waals surface area contributed by atoms with Gasteiger partial charge in [0.15, 0.2) is 0 Å². The van der Waals surface area contributed by atoms with E-state index >= 15 is 0 Å². The smallest absolute Gasteiger partial charge is 0.376 e. The summed E-state index contributed by atoms with van der Waals surface area (Å²) >= 11 is 0. The van der Waals surface area contributed by atoms with E-state index in [0.717, 1.165) is 31.4 Å². The number of nitrogens with zero attached hydrogens (tertiary/aromatic N) is 2. The zero-order chi connectivity index (χ0) is 23.7. The summed E-state index contributed by atoms with van der Waals surface area (Å²) in [6.07, 6.45) is -2.04. The molecule has 0 saturated carbocycles. The summed E-state index contributed by atoms with van der Waals surface area (Å²) in [5.41, 5.74) is 0.0274. The molecule has 2 aromatic carbocycles. The van der Waals surface area contributed by atoms with Crippen LogP contribution in [0.2, 0.25) is 0 Å².